The highest BCUT2D eigenvalue weighted by Crippen LogP contribution is 2.50. The minimum absolute atomic E-state index is 0.0293. The molecule has 0 heterocycles. The van der Waals surface area contributed by atoms with Gasteiger partial charge in [-0.05, 0) is 60.4 Å². The SMILES string of the molecule is CCCCCCCCCC(=O)N[C@H]1CCc2cc(OC)c(OC)c(OC)c2-c2ccc(SC)c(=O)cc21. The number of benzene rings is 1. The Labute approximate surface area is 225 Å². The molecule has 2 aromatic rings. The number of hydrogen-bond donors (Lipinski definition) is 1. The van der Waals surface area contributed by atoms with Gasteiger partial charge in [0.2, 0.25) is 11.7 Å². The van der Waals surface area contributed by atoms with Crippen molar-refractivity contribution in [2.24, 2.45) is 0 Å². The predicted octanol–water partition coefficient (Wildman–Crippen LogP) is 6.71. The molecule has 1 amide bonds. The van der Waals surface area contributed by atoms with Crippen molar-refractivity contribution in [3.05, 3.63) is 45.6 Å². The molecule has 0 unspecified atom stereocenters. The van der Waals surface area contributed by atoms with E-state index in [0.717, 1.165) is 35.1 Å². The third kappa shape index (κ3) is 7.01. The van der Waals surface area contributed by atoms with Gasteiger partial charge in [0, 0.05) is 12.0 Å². The topological polar surface area (TPSA) is 73.9 Å². The summed E-state index contributed by atoms with van der Waals surface area (Å²) in [6.45, 7) is 2.22. The number of unbranched alkanes of at least 4 members (excludes halogenated alkanes) is 6. The van der Waals surface area contributed by atoms with E-state index in [-0.39, 0.29) is 17.4 Å². The van der Waals surface area contributed by atoms with Gasteiger partial charge in [-0.15, -0.1) is 11.8 Å². The van der Waals surface area contributed by atoms with Crippen molar-refractivity contribution in [1.29, 1.82) is 0 Å². The Balaban J connectivity index is 1.95. The molecular formula is C30H41NO5S. The van der Waals surface area contributed by atoms with Crippen molar-refractivity contribution in [1.82, 2.24) is 5.32 Å². The van der Waals surface area contributed by atoms with Gasteiger partial charge in [0.25, 0.3) is 0 Å². The molecule has 3 rings (SSSR count). The fourth-order valence-electron chi connectivity index (χ4n) is 5.13. The Morgan fingerprint density at radius 3 is 2.32 bits per heavy atom. The van der Waals surface area contributed by atoms with Crippen LogP contribution >= 0.6 is 11.8 Å². The Hall–Kier alpha value is -2.67. The van der Waals surface area contributed by atoms with Gasteiger partial charge in [0.1, 0.15) is 0 Å². The van der Waals surface area contributed by atoms with Crippen LogP contribution < -0.4 is 25.0 Å². The molecule has 7 heteroatoms. The molecule has 0 bridgehead atoms. The third-order valence-corrected chi connectivity index (χ3v) is 7.84. The van der Waals surface area contributed by atoms with E-state index < -0.39 is 0 Å². The maximum absolute atomic E-state index is 13.1. The molecule has 6 nitrogen and oxygen atoms in total. The number of thioether (sulfide) groups is 1. The number of aryl methyl sites for hydroxylation is 1. The smallest absolute Gasteiger partial charge is 0.220 e. The van der Waals surface area contributed by atoms with Crippen LogP contribution in [-0.4, -0.2) is 33.5 Å². The second-order valence-corrected chi connectivity index (χ2v) is 10.3. The summed E-state index contributed by atoms with van der Waals surface area (Å²) in [6.07, 6.45) is 11.9. The molecule has 0 fully saturated rings. The molecule has 1 aliphatic rings. The molecule has 0 spiro atoms. The number of carbonyl (C=O) groups excluding carboxylic acids is 1. The summed E-state index contributed by atoms with van der Waals surface area (Å²) >= 11 is 1.42. The lowest BCUT2D eigenvalue weighted by Gasteiger charge is -2.20. The molecule has 0 radical (unpaired) electrons. The first-order valence-electron chi connectivity index (χ1n) is 13.3. The first-order chi connectivity index (χ1) is 18.0. The van der Waals surface area contributed by atoms with Crippen molar-refractivity contribution in [2.45, 2.75) is 82.1 Å². The summed E-state index contributed by atoms with van der Waals surface area (Å²) in [7, 11) is 4.80. The number of carbonyl (C=O) groups is 1. The maximum atomic E-state index is 13.1. The Morgan fingerprint density at radius 2 is 1.68 bits per heavy atom. The summed E-state index contributed by atoms with van der Waals surface area (Å²) in [5.41, 5.74) is 3.53. The van der Waals surface area contributed by atoms with Gasteiger partial charge in [-0.3, -0.25) is 9.59 Å². The third-order valence-electron chi connectivity index (χ3n) is 7.06. The molecule has 202 valence electrons. The van der Waals surface area contributed by atoms with Crippen molar-refractivity contribution in [2.75, 3.05) is 27.6 Å². The second kappa shape index (κ2) is 14.3. The molecule has 0 saturated heterocycles. The van der Waals surface area contributed by atoms with Gasteiger partial charge in [-0.1, -0.05) is 51.5 Å². The predicted molar refractivity (Wildman–Crippen MR) is 151 cm³/mol. The molecule has 2 aromatic carbocycles. The van der Waals surface area contributed by atoms with Crippen LogP contribution in [0.2, 0.25) is 0 Å². The normalized spacial score (nSPS) is 14.2. The van der Waals surface area contributed by atoms with E-state index in [0.29, 0.717) is 41.4 Å². The second-order valence-electron chi connectivity index (χ2n) is 9.49. The summed E-state index contributed by atoms with van der Waals surface area (Å²) < 4.78 is 17.1. The standard InChI is InChI=1S/C30H41NO5S/c1-6-7-8-9-10-11-12-13-27(33)31-23-16-14-20-18-25(34-2)29(35-3)30(36-4)28(20)21-15-17-26(37-5)24(32)19-22(21)23/h15,17-19,23H,6-14,16H2,1-5H3,(H,31,33)/t23-/m0/s1. The van der Waals surface area contributed by atoms with E-state index in [2.05, 4.69) is 12.2 Å². The monoisotopic (exact) mass is 527 g/mol. The molecule has 0 aromatic heterocycles. The van der Waals surface area contributed by atoms with Crippen LogP contribution in [0.4, 0.5) is 0 Å². The zero-order chi connectivity index (χ0) is 26.8. The number of hydrogen-bond acceptors (Lipinski definition) is 6. The summed E-state index contributed by atoms with van der Waals surface area (Å²) in [4.78, 5) is 26.7. The van der Waals surface area contributed by atoms with Crippen LogP contribution in [0.5, 0.6) is 17.2 Å². The molecule has 1 atom stereocenters. The average molecular weight is 528 g/mol. The van der Waals surface area contributed by atoms with E-state index in [4.69, 9.17) is 14.2 Å². The number of methoxy groups -OCH3 is 3. The Morgan fingerprint density at radius 1 is 0.973 bits per heavy atom. The maximum Gasteiger partial charge on any atom is 0.220 e. The first kappa shape index (κ1) is 28.9. The Kier molecular flexibility index (Phi) is 11.2. The average Bonchev–Trinajstić information content (AvgIpc) is 3.15. The van der Waals surface area contributed by atoms with Crippen molar-refractivity contribution < 1.29 is 19.0 Å². The fraction of sp³-hybridized carbons (Fsp3) is 0.533. The molecule has 0 aliphatic heterocycles. The quantitative estimate of drug-likeness (QED) is 0.231. The molecule has 1 aliphatic carbocycles. The first-order valence-corrected chi connectivity index (χ1v) is 14.5. The summed E-state index contributed by atoms with van der Waals surface area (Å²) in [6, 6.07) is 7.20. The van der Waals surface area contributed by atoms with Crippen LogP contribution in [0.15, 0.2) is 34.0 Å². The highest BCUT2D eigenvalue weighted by molar-refractivity contribution is 7.98. The lowest BCUT2D eigenvalue weighted by Crippen LogP contribution is -2.28. The van der Waals surface area contributed by atoms with Gasteiger partial charge in [0.15, 0.2) is 16.9 Å². The largest absolute Gasteiger partial charge is 0.493 e. The number of rotatable bonds is 13. The summed E-state index contributed by atoms with van der Waals surface area (Å²) in [5.74, 6) is 1.70. The fourth-order valence-corrected chi connectivity index (χ4v) is 5.59. The highest BCUT2D eigenvalue weighted by Gasteiger charge is 2.29. The van der Waals surface area contributed by atoms with Crippen LogP contribution in [0.3, 0.4) is 0 Å². The van der Waals surface area contributed by atoms with Crippen LogP contribution in [0.25, 0.3) is 11.1 Å². The minimum atomic E-state index is -0.282. The minimum Gasteiger partial charge on any atom is -0.493 e. The lowest BCUT2D eigenvalue weighted by molar-refractivity contribution is -0.122. The zero-order valence-electron chi connectivity index (χ0n) is 22.9. The number of fused-ring (bicyclic) bond motifs is 3. The van der Waals surface area contributed by atoms with Crippen molar-refractivity contribution in [3.63, 3.8) is 0 Å². The number of nitrogens with one attached hydrogen (secondary N) is 1. The van der Waals surface area contributed by atoms with Gasteiger partial charge in [-0.25, -0.2) is 0 Å². The van der Waals surface area contributed by atoms with Crippen molar-refractivity contribution in [3.8, 4) is 28.4 Å². The lowest BCUT2D eigenvalue weighted by atomic mass is 9.95. The molecule has 1 N–H and O–H groups in total. The van der Waals surface area contributed by atoms with E-state index >= 15 is 0 Å². The highest BCUT2D eigenvalue weighted by atomic mass is 32.2. The molecule has 37 heavy (non-hydrogen) atoms. The van der Waals surface area contributed by atoms with Gasteiger partial charge in [-0.2, -0.15) is 0 Å². The van der Waals surface area contributed by atoms with E-state index in [1.807, 2.05) is 24.5 Å². The van der Waals surface area contributed by atoms with Gasteiger partial charge < -0.3 is 19.5 Å². The summed E-state index contributed by atoms with van der Waals surface area (Å²) in [5, 5.41) is 3.25. The van der Waals surface area contributed by atoms with Gasteiger partial charge in [0.05, 0.1) is 32.3 Å². The van der Waals surface area contributed by atoms with E-state index in [1.54, 1.807) is 27.4 Å². The zero-order valence-corrected chi connectivity index (χ0v) is 23.7. The van der Waals surface area contributed by atoms with Crippen LogP contribution in [-0.2, 0) is 11.2 Å². The van der Waals surface area contributed by atoms with Crippen molar-refractivity contribution >= 4 is 17.7 Å². The molecular weight excluding hydrogens is 486 g/mol. The van der Waals surface area contributed by atoms with Crippen LogP contribution in [0.1, 0.15) is 81.9 Å². The van der Waals surface area contributed by atoms with E-state index in [1.165, 1.54) is 43.9 Å². The van der Waals surface area contributed by atoms with E-state index in [9.17, 15) is 9.59 Å². The number of ether oxygens (including phenoxy) is 3. The van der Waals surface area contributed by atoms with Crippen LogP contribution in [0, 0.1) is 0 Å². The molecule has 0 saturated carbocycles. The Bertz CT molecular complexity index is 1130. The van der Waals surface area contributed by atoms with Gasteiger partial charge >= 0.3 is 0 Å². The number of amides is 1.